The second-order valence-electron chi connectivity index (χ2n) is 13.9. The largest absolute Gasteiger partial charge is 0.494 e. The van der Waals surface area contributed by atoms with Crippen molar-refractivity contribution in [2.75, 3.05) is 13.2 Å². The Bertz CT molecular complexity index is 1270. The second-order valence-corrected chi connectivity index (χ2v) is 13.9. The van der Waals surface area contributed by atoms with Gasteiger partial charge in [-0.05, 0) is 48.2 Å². The van der Waals surface area contributed by atoms with Crippen LogP contribution in [0.2, 0.25) is 0 Å². The summed E-state index contributed by atoms with van der Waals surface area (Å²) >= 11 is 0. The summed E-state index contributed by atoms with van der Waals surface area (Å²) in [5, 5.41) is 0. The molecular formula is C43H66N4O2+2. The van der Waals surface area contributed by atoms with E-state index < -0.39 is 0 Å². The fraction of sp³-hybridized carbons (Fsp3) is 0.581. The zero-order valence-electron chi connectivity index (χ0n) is 31.0. The van der Waals surface area contributed by atoms with Crippen LogP contribution in [-0.2, 0) is 26.2 Å². The Morgan fingerprint density at radius 3 is 1.20 bits per heavy atom. The number of aromatic nitrogens is 4. The fourth-order valence-corrected chi connectivity index (χ4v) is 6.42. The van der Waals surface area contributed by atoms with Crippen LogP contribution in [0.1, 0.15) is 134 Å². The summed E-state index contributed by atoms with van der Waals surface area (Å²) in [6.45, 7) is 9.92. The summed E-state index contributed by atoms with van der Waals surface area (Å²) < 4.78 is 21.1. The van der Waals surface area contributed by atoms with Crippen LogP contribution in [0, 0.1) is 0 Å². The number of aryl methyl sites for hydroxylation is 2. The van der Waals surface area contributed by atoms with E-state index in [0.29, 0.717) is 0 Å². The van der Waals surface area contributed by atoms with Gasteiger partial charge in [0.25, 0.3) is 0 Å². The molecule has 6 nitrogen and oxygen atoms in total. The third-order valence-electron chi connectivity index (χ3n) is 9.44. The van der Waals surface area contributed by atoms with Crippen molar-refractivity contribution in [3.63, 3.8) is 0 Å². The van der Waals surface area contributed by atoms with Crippen LogP contribution in [0.4, 0.5) is 0 Å². The van der Waals surface area contributed by atoms with Crippen molar-refractivity contribution in [1.82, 2.24) is 9.13 Å². The first-order chi connectivity index (χ1) is 24.2. The van der Waals surface area contributed by atoms with Gasteiger partial charge in [0.05, 0.1) is 26.3 Å². The third-order valence-corrected chi connectivity index (χ3v) is 9.44. The van der Waals surface area contributed by atoms with E-state index in [2.05, 4.69) is 118 Å². The minimum atomic E-state index is 0.818. The van der Waals surface area contributed by atoms with E-state index in [0.717, 1.165) is 70.2 Å². The van der Waals surface area contributed by atoms with Gasteiger partial charge in [0, 0.05) is 6.42 Å². The van der Waals surface area contributed by atoms with Crippen LogP contribution in [0.5, 0.6) is 11.5 Å². The van der Waals surface area contributed by atoms with E-state index in [1.54, 1.807) is 0 Å². The number of unbranched alkanes of at least 4 members (excludes halogenated alkanes) is 14. The van der Waals surface area contributed by atoms with Crippen molar-refractivity contribution in [2.24, 2.45) is 0 Å². The predicted molar refractivity (Wildman–Crippen MR) is 201 cm³/mol. The molecule has 0 aliphatic carbocycles. The average molecular weight is 671 g/mol. The van der Waals surface area contributed by atoms with Crippen molar-refractivity contribution in [3.8, 4) is 11.5 Å². The maximum atomic E-state index is 5.99. The van der Waals surface area contributed by atoms with E-state index in [-0.39, 0.29) is 0 Å². The van der Waals surface area contributed by atoms with E-state index in [1.807, 2.05) is 0 Å². The first kappa shape index (κ1) is 38.3. The number of hydrogen-bond donors (Lipinski definition) is 0. The van der Waals surface area contributed by atoms with Gasteiger partial charge in [0.2, 0.25) is 12.7 Å². The lowest BCUT2D eigenvalue weighted by atomic mass is 10.1. The Hall–Kier alpha value is -3.54. The minimum absolute atomic E-state index is 0.818. The Balaban J connectivity index is 1.06. The summed E-state index contributed by atoms with van der Waals surface area (Å²) in [7, 11) is 0. The lowest BCUT2D eigenvalue weighted by Gasteiger charge is -2.07. The summed E-state index contributed by atoms with van der Waals surface area (Å²) in [6.07, 6.45) is 35.4. The van der Waals surface area contributed by atoms with Gasteiger partial charge in [-0.25, -0.2) is 18.3 Å². The number of hydrogen-bond acceptors (Lipinski definition) is 2. The van der Waals surface area contributed by atoms with Gasteiger partial charge in [-0.2, -0.15) is 0 Å². The molecule has 0 amide bonds. The zero-order valence-corrected chi connectivity index (χ0v) is 31.0. The van der Waals surface area contributed by atoms with E-state index in [9.17, 15) is 0 Å². The molecule has 0 fully saturated rings. The molecule has 2 aromatic carbocycles. The van der Waals surface area contributed by atoms with Crippen molar-refractivity contribution in [2.45, 2.75) is 149 Å². The second kappa shape index (κ2) is 23.8. The molecule has 0 spiro atoms. The third kappa shape index (κ3) is 16.1. The maximum Gasteiger partial charge on any atom is 0.244 e. The van der Waals surface area contributed by atoms with Gasteiger partial charge in [-0.15, -0.1) is 0 Å². The summed E-state index contributed by atoms with van der Waals surface area (Å²) in [5.74, 6) is 1.96. The molecule has 4 rings (SSSR count). The average Bonchev–Trinajstić information content (AvgIpc) is 3.77. The summed E-state index contributed by atoms with van der Waals surface area (Å²) in [5.41, 5.74) is 2.58. The molecule has 0 unspecified atom stereocenters. The smallest absolute Gasteiger partial charge is 0.244 e. The van der Waals surface area contributed by atoms with Gasteiger partial charge < -0.3 is 9.47 Å². The van der Waals surface area contributed by atoms with Crippen molar-refractivity contribution >= 4 is 0 Å². The molecule has 0 aliphatic rings. The summed E-state index contributed by atoms with van der Waals surface area (Å²) in [6, 6.07) is 17.2. The van der Waals surface area contributed by atoms with Crippen LogP contribution in [-0.4, -0.2) is 22.3 Å². The first-order valence-corrected chi connectivity index (χ1v) is 19.7. The lowest BCUT2D eigenvalue weighted by molar-refractivity contribution is -0.687. The molecule has 0 bridgehead atoms. The molecule has 4 aromatic rings. The molecule has 2 aromatic heterocycles. The highest BCUT2D eigenvalue weighted by atomic mass is 16.5. The van der Waals surface area contributed by atoms with E-state index in [4.69, 9.17) is 9.47 Å². The van der Waals surface area contributed by atoms with Crippen LogP contribution in [0.15, 0.2) is 86.0 Å². The van der Waals surface area contributed by atoms with Gasteiger partial charge in [-0.3, -0.25) is 0 Å². The van der Waals surface area contributed by atoms with Gasteiger partial charge in [-0.1, -0.05) is 128 Å². The Morgan fingerprint density at radius 2 is 0.816 bits per heavy atom. The molecule has 0 aliphatic heterocycles. The van der Waals surface area contributed by atoms with E-state index in [1.165, 1.54) is 101 Å². The van der Waals surface area contributed by atoms with Crippen LogP contribution in [0.25, 0.3) is 0 Å². The van der Waals surface area contributed by atoms with Gasteiger partial charge >= 0.3 is 0 Å². The Kier molecular flexibility index (Phi) is 18.5. The van der Waals surface area contributed by atoms with Gasteiger partial charge in [0.15, 0.2) is 0 Å². The Labute approximate surface area is 298 Å². The Morgan fingerprint density at radius 1 is 0.449 bits per heavy atom. The molecule has 2 heterocycles. The molecule has 0 atom stereocenters. The van der Waals surface area contributed by atoms with Crippen LogP contribution in [0.3, 0.4) is 0 Å². The maximum absolute atomic E-state index is 5.99. The fourth-order valence-electron chi connectivity index (χ4n) is 6.42. The molecule has 6 heteroatoms. The van der Waals surface area contributed by atoms with Crippen molar-refractivity contribution < 1.29 is 18.6 Å². The molecule has 268 valence electrons. The van der Waals surface area contributed by atoms with Crippen LogP contribution >= 0.6 is 0 Å². The number of ether oxygens (including phenoxy) is 2. The van der Waals surface area contributed by atoms with Gasteiger partial charge in [0.1, 0.15) is 49.4 Å². The quantitative estimate of drug-likeness (QED) is 0.0445. The number of rotatable bonds is 28. The minimum Gasteiger partial charge on any atom is -0.494 e. The number of imidazole rings is 2. The van der Waals surface area contributed by atoms with E-state index >= 15 is 0 Å². The van der Waals surface area contributed by atoms with Crippen LogP contribution < -0.4 is 18.6 Å². The normalized spacial score (nSPS) is 11.3. The highest BCUT2D eigenvalue weighted by molar-refractivity contribution is 5.27. The lowest BCUT2D eigenvalue weighted by Crippen LogP contribution is -2.31. The molecule has 0 N–H and O–H groups in total. The topological polar surface area (TPSA) is 36.1 Å². The molecule has 0 saturated heterocycles. The van der Waals surface area contributed by atoms with Crippen molar-refractivity contribution in [1.29, 1.82) is 0 Å². The monoisotopic (exact) mass is 671 g/mol. The zero-order chi connectivity index (χ0) is 34.2. The molecular weight excluding hydrogens is 604 g/mol. The standard InChI is InChI=1S/C43H66N4O2/c1-3-5-7-9-11-13-15-17-34-48-42-24-20-40(21-25-42)36-46-32-30-44(38-46)28-19-29-45-31-33-47(39-45)37-41-22-26-43(27-23-41)49-35-18-16-14-12-10-8-6-4-2/h20-27,30-33,38-39H,3-19,28-29,34-37H2,1-2H3/q+2. The van der Waals surface area contributed by atoms with Crippen molar-refractivity contribution in [3.05, 3.63) is 97.1 Å². The highest BCUT2D eigenvalue weighted by Crippen LogP contribution is 2.15. The number of benzene rings is 2. The summed E-state index contributed by atoms with van der Waals surface area (Å²) in [4.78, 5) is 0. The first-order valence-electron chi connectivity index (χ1n) is 19.7. The molecule has 49 heavy (non-hydrogen) atoms. The number of nitrogens with zero attached hydrogens (tertiary/aromatic N) is 4. The predicted octanol–water partition coefficient (Wildman–Crippen LogP) is 10.1. The highest BCUT2D eigenvalue weighted by Gasteiger charge is 2.09. The SMILES string of the molecule is CCCCCCCCCCOc1ccc(C[n+]2ccn(CCCn3cc[n+](Cc4ccc(OCCCCCCCCCC)cc4)c3)c2)cc1. The molecule has 0 saturated carbocycles. The molecule has 0 radical (unpaired) electrons.